The number of hydrogen-bond donors (Lipinski definition) is 1. The summed E-state index contributed by atoms with van der Waals surface area (Å²) >= 11 is 0. The van der Waals surface area contributed by atoms with Crippen LogP contribution in [0.1, 0.15) is 18.2 Å². The van der Waals surface area contributed by atoms with Crippen molar-refractivity contribution in [3.05, 3.63) is 53.6 Å². The van der Waals surface area contributed by atoms with E-state index < -0.39 is 0 Å². The topological polar surface area (TPSA) is 87.8 Å². The van der Waals surface area contributed by atoms with Crippen LogP contribution in [0.5, 0.6) is 5.75 Å². The van der Waals surface area contributed by atoms with E-state index >= 15 is 0 Å². The van der Waals surface area contributed by atoms with Gasteiger partial charge in [-0.1, -0.05) is 6.07 Å². The van der Waals surface area contributed by atoms with Crippen LogP contribution in [-0.2, 0) is 16.0 Å². The zero-order valence-corrected chi connectivity index (χ0v) is 16.7. The van der Waals surface area contributed by atoms with Gasteiger partial charge in [0.2, 0.25) is 0 Å². The van der Waals surface area contributed by atoms with Crippen LogP contribution in [0.3, 0.4) is 0 Å². The second-order valence-electron chi connectivity index (χ2n) is 6.40. The lowest BCUT2D eigenvalue weighted by atomic mass is 10.2. The van der Waals surface area contributed by atoms with E-state index in [0.29, 0.717) is 32.2 Å². The first-order valence-corrected chi connectivity index (χ1v) is 9.31. The molecule has 0 amide bonds. The lowest BCUT2D eigenvalue weighted by Crippen LogP contribution is -2.26. The molecule has 1 saturated heterocycles. The van der Waals surface area contributed by atoms with Gasteiger partial charge in [0.05, 0.1) is 38.8 Å². The quantitative estimate of drug-likeness (QED) is 0.793. The number of aromatic nitrogens is 1. The van der Waals surface area contributed by atoms with Crippen molar-refractivity contribution in [3.63, 3.8) is 0 Å². The van der Waals surface area contributed by atoms with Gasteiger partial charge in [-0.2, -0.15) is 5.26 Å². The van der Waals surface area contributed by atoms with Crippen molar-refractivity contribution in [2.45, 2.75) is 13.5 Å². The molecule has 1 aliphatic heterocycles. The highest BCUT2D eigenvalue weighted by Crippen LogP contribution is 2.21. The third-order valence-corrected chi connectivity index (χ3v) is 4.33. The van der Waals surface area contributed by atoms with Crippen molar-refractivity contribution in [2.75, 3.05) is 45.2 Å². The summed E-state index contributed by atoms with van der Waals surface area (Å²) in [6.45, 7) is 5.15. The second kappa shape index (κ2) is 12.0. The first kappa shape index (κ1) is 22.6. The van der Waals surface area contributed by atoms with Gasteiger partial charge < -0.3 is 24.2 Å². The lowest BCUT2D eigenvalue weighted by Gasteiger charge is -2.23. The Morgan fingerprint density at radius 3 is 2.55 bits per heavy atom. The molecule has 0 spiro atoms. The predicted molar refractivity (Wildman–Crippen MR) is 106 cm³/mol. The number of aliphatic hydroxyl groups is 1. The van der Waals surface area contributed by atoms with Crippen molar-refractivity contribution < 1.29 is 23.7 Å². The van der Waals surface area contributed by atoms with E-state index in [1.807, 2.05) is 25.1 Å². The number of pyridine rings is 1. The molecule has 3 rings (SSSR count). The molecule has 1 fully saturated rings. The number of nitrogens with zero attached hydrogens (tertiary/aromatic N) is 3. The van der Waals surface area contributed by atoms with E-state index in [2.05, 4.69) is 9.88 Å². The Kier molecular flexibility index (Phi) is 9.31. The fraction of sp³-hybridized carbons (Fsp3) is 0.429. The molecule has 0 bridgehead atoms. The maximum absolute atomic E-state index is 13.7. The first-order chi connectivity index (χ1) is 14.1. The van der Waals surface area contributed by atoms with Crippen LogP contribution in [0.15, 0.2) is 36.5 Å². The fourth-order valence-electron chi connectivity index (χ4n) is 2.70. The maximum Gasteiger partial charge on any atom is 0.165 e. The molecule has 1 aliphatic rings. The zero-order valence-electron chi connectivity index (χ0n) is 16.7. The number of hydrogen-bond acceptors (Lipinski definition) is 7. The number of anilines is 1. The highest BCUT2D eigenvalue weighted by Gasteiger charge is 2.12. The van der Waals surface area contributed by atoms with Crippen molar-refractivity contribution in [3.8, 4) is 11.8 Å². The van der Waals surface area contributed by atoms with E-state index in [9.17, 15) is 4.39 Å². The monoisotopic (exact) mass is 403 g/mol. The Labute approximate surface area is 170 Å². The van der Waals surface area contributed by atoms with Crippen molar-refractivity contribution >= 4 is 5.69 Å². The average Bonchev–Trinajstić information content (AvgIpc) is 2.78. The summed E-state index contributed by atoms with van der Waals surface area (Å²) in [7, 11) is 1.44. The smallest absolute Gasteiger partial charge is 0.165 e. The third kappa shape index (κ3) is 6.98. The molecular weight excluding hydrogens is 377 g/mol. The Balaban J connectivity index is 0.000000313. The minimum absolute atomic E-state index is 0.167. The lowest BCUT2D eigenvalue weighted by molar-refractivity contribution is -0.133. The number of aliphatic hydroxyl groups excluding tert-OH is 1. The van der Waals surface area contributed by atoms with Crippen LogP contribution in [0.2, 0.25) is 0 Å². The molecule has 7 nitrogen and oxygen atoms in total. The van der Waals surface area contributed by atoms with Gasteiger partial charge in [0, 0.05) is 19.0 Å². The third-order valence-electron chi connectivity index (χ3n) is 4.33. The summed E-state index contributed by atoms with van der Waals surface area (Å²) in [5.74, 6) is 0.0644. The van der Waals surface area contributed by atoms with E-state index in [4.69, 9.17) is 24.6 Å². The van der Waals surface area contributed by atoms with Gasteiger partial charge >= 0.3 is 0 Å². The van der Waals surface area contributed by atoms with Gasteiger partial charge in [0.15, 0.2) is 11.6 Å². The van der Waals surface area contributed by atoms with E-state index in [1.165, 1.54) is 13.2 Å². The predicted octanol–water partition coefficient (Wildman–Crippen LogP) is 2.73. The number of methoxy groups -OCH3 is 1. The van der Waals surface area contributed by atoms with Crippen LogP contribution in [0.4, 0.5) is 10.1 Å². The molecule has 0 aliphatic carbocycles. The molecule has 0 unspecified atom stereocenters. The maximum atomic E-state index is 13.7. The van der Waals surface area contributed by atoms with E-state index in [0.717, 1.165) is 17.8 Å². The number of ether oxygens (including phenoxy) is 3. The van der Waals surface area contributed by atoms with Crippen LogP contribution in [-0.4, -0.2) is 50.4 Å². The molecule has 2 heterocycles. The molecule has 0 atom stereocenters. The number of halogens is 1. The van der Waals surface area contributed by atoms with Crippen molar-refractivity contribution in [1.82, 2.24) is 4.98 Å². The summed E-state index contributed by atoms with van der Waals surface area (Å²) in [6, 6.07) is 10.4. The van der Waals surface area contributed by atoms with Gasteiger partial charge in [0.1, 0.15) is 18.6 Å². The molecule has 2 aromatic rings. The van der Waals surface area contributed by atoms with Crippen LogP contribution < -0.4 is 9.64 Å². The summed E-state index contributed by atoms with van der Waals surface area (Å²) in [5.41, 5.74) is 2.12. The van der Waals surface area contributed by atoms with Gasteiger partial charge in [-0.3, -0.25) is 0 Å². The second-order valence-corrected chi connectivity index (χ2v) is 6.40. The van der Waals surface area contributed by atoms with Crippen LogP contribution in [0.25, 0.3) is 0 Å². The van der Waals surface area contributed by atoms with Gasteiger partial charge in [0.25, 0.3) is 0 Å². The highest BCUT2D eigenvalue weighted by atomic mass is 19.1. The summed E-state index contributed by atoms with van der Waals surface area (Å²) < 4.78 is 28.4. The standard InChI is InChI=1S/C16H16FN3O.C5H10O3/c1-3-20(14-6-5-13(9-18)19-10-14)11-12-4-7-16(21-2)15(17)8-12;6-1-5-2-7-4-8-3-5/h4-8,10H,3,11H2,1-2H3;5-6H,1-4H2. The fourth-order valence-corrected chi connectivity index (χ4v) is 2.70. The first-order valence-electron chi connectivity index (χ1n) is 9.31. The number of benzene rings is 1. The molecular formula is C21H26FN3O4. The van der Waals surface area contributed by atoms with Crippen LogP contribution in [0, 0.1) is 23.1 Å². The van der Waals surface area contributed by atoms with E-state index in [1.54, 1.807) is 18.3 Å². The molecule has 8 heteroatoms. The van der Waals surface area contributed by atoms with E-state index in [-0.39, 0.29) is 24.1 Å². The minimum atomic E-state index is -0.371. The Morgan fingerprint density at radius 1 is 1.31 bits per heavy atom. The van der Waals surface area contributed by atoms with Gasteiger partial charge in [-0.15, -0.1) is 0 Å². The summed E-state index contributed by atoms with van der Waals surface area (Å²) in [6.07, 6.45) is 1.65. The van der Waals surface area contributed by atoms with Gasteiger partial charge in [-0.25, -0.2) is 9.37 Å². The molecule has 1 aromatic carbocycles. The summed E-state index contributed by atoms with van der Waals surface area (Å²) in [5, 5.41) is 17.3. The summed E-state index contributed by atoms with van der Waals surface area (Å²) in [4.78, 5) is 6.11. The molecule has 0 radical (unpaired) electrons. The average molecular weight is 403 g/mol. The number of nitriles is 1. The number of rotatable bonds is 6. The Bertz CT molecular complexity index is 790. The molecule has 0 saturated carbocycles. The van der Waals surface area contributed by atoms with Crippen molar-refractivity contribution in [2.24, 2.45) is 5.92 Å². The zero-order chi connectivity index (χ0) is 21.1. The minimum Gasteiger partial charge on any atom is -0.494 e. The normalized spacial score (nSPS) is 13.8. The highest BCUT2D eigenvalue weighted by molar-refractivity contribution is 5.46. The Hall–Kier alpha value is -2.73. The molecule has 1 aromatic heterocycles. The largest absolute Gasteiger partial charge is 0.494 e. The molecule has 1 N–H and O–H groups in total. The van der Waals surface area contributed by atoms with Crippen LogP contribution >= 0.6 is 0 Å². The Morgan fingerprint density at radius 2 is 2.07 bits per heavy atom. The molecule has 156 valence electrons. The van der Waals surface area contributed by atoms with Crippen molar-refractivity contribution in [1.29, 1.82) is 5.26 Å². The SMILES string of the molecule is CCN(Cc1ccc(OC)c(F)c1)c1ccc(C#N)nc1.OCC1COCOC1. The van der Waals surface area contributed by atoms with Gasteiger partial charge in [-0.05, 0) is 36.8 Å². The molecule has 29 heavy (non-hydrogen) atoms.